The number of carbonyl (C=O) groups is 1. The lowest BCUT2D eigenvalue weighted by atomic mass is 10.1. The molecule has 1 amide bonds. The van der Waals surface area contributed by atoms with E-state index in [0.717, 1.165) is 42.1 Å². The fraction of sp³-hybridized carbons (Fsp3) is 0.333. The average molecular weight is 442 g/mol. The number of benzene rings is 2. The predicted octanol–water partition coefficient (Wildman–Crippen LogP) is 5.02. The molecule has 4 rings (SSSR count). The van der Waals surface area contributed by atoms with Crippen LogP contribution in [0, 0.1) is 5.82 Å². The maximum absolute atomic E-state index is 13.1. The Morgan fingerprint density at radius 3 is 2.65 bits per heavy atom. The number of hydrogen-bond donors (Lipinski definition) is 1. The molecule has 2 aromatic carbocycles. The van der Waals surface area contributed by atoms with Gasteiger partial charge in [0.2, 0.25) is 5.91 Å². The number of hydrogen-bond acceptors (Lipinski definition) is 4. The molecule has 0 spiro atoms. The van der Waals surface area contributed by atoms with Gasteiger partial charge in [-0.2, -0.15) is 0 Å². The van der Waals surface area contributed by atoms with Crippen LogP contribution in [0.15, 0.2) is 59.1 Å². The monoisotopic (exact) mass is 441 g/mol. The van der Waals surface area contributed by atoms with Crippen LogP contribution in [0.25, 0.3) is 11.3 Å². The summed E-state index contributed by atoms with van der Waals surface area (Å²) in [6, 6.07) is 13.9. The Kier molecular flexibility index (Phi) is 6.99. The molecule has 2 heterocycles. The molecule has 1 N–H and O–H groups in total. The van der Waals surface area contributed by atoms with Crippen LogP contribution < -0.4 is 5.32 Å². The lowest BCUT2D eigenvalue weighted by Crippen LogP contribution is -2.37. The van der Waals surface area contributed by atoms with Crippen LogP contribution in [0.3, 0.4) is 0 Å². The molecular weight excluding hydrogens is 417 g/mol. The second kappa shape index (κ2) is 10.1. The molecule has 1 aliphatic heterocycles. The third kappa shape index (κ3) is 5.51. The summed E-state index contributed by atoms with van der Waals surface area (Å²) in [4.78, 5) is 19.1. The molecule has 31 heavy (non-hydrogen) atoms. The van der Waals surface area contributed by atoms with E-state index in [2.05, 4.69) is 15.2 Å². The van der Waals surface area contributed by atoms with Crippen LogP contribution in [0.1, 0.15) is 36.8 Å². The van der Waals surface area contributed by atoms with Crippen molar-refractivity contribution in [2.24, 2.45) is 0 Å². The van der Waals surface area contributed by atoms with Gasteiger partial charge in [0.1, 0.15) is 5.82 Å². The van der Waals surface area contributed by atoms with E-state index >= 15 is 0 Å². The van der Waals surface area contributed by atoms with Crippen LogP contribution >= 0.6 is 11.6 Å². The van der Waals surface area contributed by atoms with Crippen molar-refractivity contribution in [1.29, 1.82) is 0 Å². The highest BCUT2D eigenvalue weighted by Gasteiger charge is 2.25. The van der Waals surface area contributed by atoms with E-state index < -0.39 is 0 Å². The summed E-state index contributed by atoms with van der Waals surface area (Å²) in [6.07, 6.45) is 4.60. The minimum Gasteiger partial charge on any atom is -0.441 e. The molecule has 0 radical (unpaired) electrons. The summed E-state index contributed by atoms with van der Waals surface area (Å²) >= 11 is 6.43. The number of aromatic nitrogens is 1. The van der Waals surface area contributed by atoms with Gasteiger partial charge in [0.25, 0.3) is 0 Å². The van der Waals surface area contributed by atoms with Gasteiger partial charge in [-0.1, -0.05) is 29.8 Å². The van der Waals surface area contributed by atoms with Crippen molar-refractivity contribution in [3.05, 3.63) is 77.0 Å². The Morgan fingerprint density at radius 1 is 1.16 bits per heavy atom. The third-order valence-corrected chi connectivity index (χ3v) is 5.93. The van der Waals surface area contributed by atoms with Crippen molar-refractivity contribution in [1.82, 2.24) is 15.2 Å². The van der Waals surface area contributed by atoms with Gasteiger partial charge in [0.05, 0.1) is 12.2 Å². The van der Waals surface area contributed by atoms with Crippen LogP contribution in [0.2, 0.25) is 5.02 Å². The molecule has 1 unspecified atom stereocenters. The smallest absolute Gasteiger partial charge is 0.220 e. The van der Waals surface area contributed by atoms with Crippen LogP contribution in [-0.2, 0) is 11.2 Å². The SMILES string of the molecule is O=C(CCc1ncc(-c2ccc(F)cc2)o1)NCC(c1ccccc1Cl)N1CCCC1. The largest absolute Gasteiger partial charge is 0.441 e. The van der Waals surface area contributed by atoms with Gasteiger partial charge >= 0.3 is 0 Å². The van der Waals surface area contributed by atoms with E-state index in [0.29, 0.717) is 24.6 Å². The van der Waals surface area contributed by atoms with Crippen molar-refractivity contribution in [2.45, 2.75) is 31.7 Å². The average Bonchev–Trinajstić information content (AvgIpc) is 3.47. The number of nitrogens with zero attached hydrogens (tertiary/aromatic N) is 2. The Labute approximate surface area is 186 Å². The summed E-state index contributed by atoms with van der Waals surface area (Å²) in [5.41, 5.74) is 1.79. The number of carbonyl (C=O) groups excluding carboxylic acids is 1. The summed E-state index contributed by atoms with van der Waals surface area (Å²) in [5.74, 6) is 0.682. The Balaban J connectivity index is 1.33. The predicted molar refractivity (Wildman–Crippen MR) is 118 cm³/mol. The topological polar surface area (TPSA) is 58.4 Å². The normalized spacial score (nSPS) is 15.2. The van der Waals surface area contributed by atoms with E-state index in [9.17, 15) is 9.18 Å². The summed E-state index contributed by atoms with van der Waals surface area (Å²) in [5, 5.41) is 3.77. The highest BCUT2D eigenvalue weighted by atomic mass is 35.5. The fourth-order valence-corrected chi connectivity index (χ4v) is 4.19. The summed E-state index contributed by atoms with van der Waals surface area (Å²) in [7, 11) is 0. The van der Waals surface area contributed by atoms with Crippen LogP contribution in [0.5, 0.6) is 0 Å². The molecular formula is C24H25ClFN3O2. The number of nitrogens with one attached hydrogen (secondary N) is 1. The molecule has 0 aliphatic carbocycles. The Bertz CT molecular complexity index is 1020. The van der Waals surface area contributed by atoms with Crippen molar-refractivity contribution in [3.8, 4) is 11.3 Å². The highest BCUT2D eigenvalue weighted by Crippen LogP contribution is 2.29. The van der Waals surface area contributed by atoms with Crippen molar-refractivity contribution < 1.29 is 13.6 Å². The van der Waals surface area contributed by atoms with Gasteiger partial charge in [0, 0.05) is 30.0 Å². The number of oxazole rings is 1. The van der Waals surface area contributed by atoms with Crippen LogP contribution in [-0.4, -0.2) is 35.4 Å². The fourth-order valence-electron chi connectivity index (χ4n) is 3.93. The standard InChI is InChI=1S/C24H25ClFN3O2/c25-20-6-2-1-5-19(20)21(29-13-3-4-14-29)15-27-23(30)11-12-24-28-16-22(31-24)17-7-9-18(26)10-8-17/h1-2,5-10,16,21H,3-4,11-15H2,(H,27,30). The molecule has 1 fully saturated rings. The van der Waals surface area contributed by atoms with Crippen molar-refractivity contribution in [2.75, 3.05) is 19.6 Å². The Morgan fingerprint density at radius 2 is 1.90 bits per heavy atom. The molecule has 5 nitrogen and oxygen atoms in total. The van der Waals surface area contributed by atoms with Crippen molar-refractivity contribution in [3.63, 3.8) is 0 Å². The molecule has 162 valence electrons. The first-order valence-corrected chi connectivity index (χ1v) is 10.9. The molecule has 0 saturated carbocycles. The van der Waals surface area contributed by atoms with Gasteiger partial charge < -0.3 is 9.73 Å². The zero-order valence-corrected chi connectivity index (χ0v) is 17.9. The molecule has 1 aromatic heterocycles. The zero-order chi connectivity index (χ0) is 21.6. The molecule has 1 aliphatic rings. The molecule has 0 bridgehead atoms. The highest BCUT2D eigenvalue weighted by molar-refractivity contribution is 6.31. The van der Waals surface area contributed by atoms with Gasteiger partial charge in [0.15, 0.2) is 11.7 Å². The second-order valence-electron chi connectivity index (χ2n) is 7.71. The molecule has 3 aromatic rings. The first kappa shape index (κ1) is 21.5. The van der Waals surface area contributed by atoms with E-state index in [1.165, 1.54) is 12.1 Å². The minimum absolute atomic E-state index is 0.0576. The number of likely N-dealkylation sites (tertiary alicyclic amines) is 1. The third-order valence-electron chi connectivity index (χ3n) is 5.59. The molecule has 7 heteroatoms. The second-order valence-corrected chi connectivity index (χ2v) is 8.12. The lowest BCUT2D eigenvalue weighted by molar-refractivity contribution is -0.121. The molecule has 1 saturated heterocycles. The van der Waals surface area contributed by atoms with Crippen molar-refractivity contribution >= 4 is 17.5 Å². The quantitative estimate of drug-likeness (QED) is 0.533. The number of aryl methyl sites for hydroxylation is 1. The first-order valence-electron chi connectivity index (χ1n) is 10.6. The molecule has 1 atom stereocenters. The van der Waals surface area contributed by atoms with Crippen LogP contribution in [0.4, 0.5) is 4.39 Å². The van der Waals surface area contributed by atoms with Gasteiger partial charge in [-0.15, -0.1) is 0 Å². The first-order chi connectivity index (χ1) is 15.1. The number of halogens is 2. The van der Waals surface area contributed by atoms with Gasteiger partial charge in [-0.05, 0) is 61.8 Å². The van der Waals surface area contributed by atoms with E-state index in [1.807, 2.05) is 24.3 Å². The van der Waals surface area contributed by atoms with E-state index in [-0.39, 0.29) is 24.2 Å². The maximum atomic E-state index is 13.1. The van der Waals surface area contributed by atoms with E-state index in [4.69, 9.17) is 16.0 Å². The summed E-state index contributed by atoms with van der Waals surface area (Å²) in [6.45, 7) is 2.53. The number of amides is 1. The lowest BCUT2D eigenvalue weighted by Gasteiger charge is -2.29. The minimum atomic E-state index is -0.302. The zero-order valence-electron chi connectivity index (χ0n) is 17.2. The van der Waals surface area contributed by atoms with Gasteiger partial charge in [-0.3, -0.25) is 9.69 Å². The van der Waals surface area contributed by atoms with E-state index in [1.54, 1.807) is 18.3 Å². The Hall–Kier alpha value is -2.70. The summed E-state index contributed by atoms with van der Waals surface area (Å²) < 4.78 is 18.8. The van der Waals surface area contributed by atoms with Gasteiger partial charge in [-0.25, -0.2) is 9.37 Å². The maximum Gasteiger partial charge on any atom is 0.220 e. The number of rotatable bonds is 8.